The lowest BCUT2D eigenvalue weighted by atomic mass is 9.73. The normalized spacial score (nSPS) is 25.4. The summed E-state index contributed by atoms with van der Waals surface area (Å²) in [6.07, 6.45) is 10.4. The predicted octanol–water partition coefficient (Wildman–Crippen LogP) is 3.14. The van der Waals surface area contributed by atoms with Crippen molar-refractivity contribution < 1.29 is 9.90 Å². The first-order valence-electron chi connectivity index (χ1n) is 7.56. The molecule has 0 amide bonds. The molecule has 1 heterocycles. The van der Waals surface area contributed by atoms with Crippen LogP contribution in [0.25, 0.3) is 0 Å². The molecule has 3 nitrogen and oxygen atoms in total. The van der Waals surface area contributed by atoms with Gasteiger partial charge < -0.3 is 10.0 Å². The molecule has 0 aromatic carbocycles. The van der Waals surface area contributed by atoms with Gasteiger partial charge in [0.25, 0.3) is 0 Å². The Labute approximate surface area is 111 Å². The van der Waals surface area contributed by atoms with Crippen LogP contribution in [0.3, 0.4) is 0 Å². The Morgan fingerprint density at radius 3 is 2.39 bits per heavy atom. The van der Waals surface area contributed by atoms with Crippen molar-refractivity contribution in [3.63, 3.8) is 0 Å². The number of carboxylic acids is 1. The summed E-state index contributed by atoms with van der Waals surface area (Å²) in [5, 5.41) is 8.83. The number of carbonyl (C=O) groups is 1. The van der Waals surface area contributed by atoms with E-state index in [9.17, 15) is 4.79 Å². The van der Waals surface area contributed by atoms with Crippen LogP contribution in [0.15, 0.2) is 0 Å². The average molecular weight is 253 g/mol. The second-order valence-corrected chi connectivity index (χ2v) is 6.51. The maximum atomic E-state index is 10.7. The molecule has 0 aromatic rings. The zero-order chi connectivity index (χ0) is 13.0. The van der Waals surface area contributed by atoms with Crippen LogP contribution < -0.4 is 0 Å². The fourth-order valence-electron chi connectivity index (χ4n) is 3.60. The van der Waals surface area contributed by atoms with Crippen LogP contribution in [0.2, 0.25) is 0 Å². The lowest BCUT2D eigenvalue weighted by Crippen LogP contribution is -2.56. The van der Waals surface area contributed by atoms with Gasteiger partial charge in [0, 0.05) is 13.1 Å². The molecule has 18 heavy (non-hydrogen) atoms. The van der Waals surface area contributed by atoms with Gasteiger partial charge in [-0.1, -0.05) is 32.6 Å². The SMILES string of the molecule is CC(CCCN1CC2(CCCCCC2)C1)C(=O)O. The van der Waals surface area contributed by atoms with E-state index in [-0.39, 0.29) is 5.92 Å². The molecule has 1 aliphatic heterocycles. The second kappa shape index (κ2) is 6.05. The topological polar surface area (TPSA) is 40.5 Å². The molecule has 0 bridgehead atoms. The Morgan fingerprint density at radius 1 is 1.22 bits per heavy atom. The summed E-state index contributed by atoms with van der Waals surface area (Å²) in [6.45, 7) is 5.45. The average Bonchev–Trinajstić information content (AvgIpc) is 2.53. The van der Waals surface area contributed by atoms with E-state index in [0.717, 1.165) is 19.4 Å². The minimum atomic E-state index is -0.654. The van der Waals surface area contributed by atoms with Gasteiger partial charge in [-0.2, -0.15) is 0 Å². The third-order valence-electron chi connectivity index (χ3n) is 4.82. The molecule has 0 aromatic heterocycles. The molecular weight excluding hydrogens is 226 g/mol. The Balaban J connectivity index is 1.62. The molecule has 1 saturated carbocycles. The highest BCUT2D eigenvalue weighted by atomic mass is 16.4. The van der Waals surface area contributed by atoms with Crippen LogP contribution in [0.5, 0.6) is 0 Å². The third-order valence-corrected chi connectivity index (χ3v) is 4.82. The minimum absolute atomic E-state index is 0.182. The Kier molecular flexibility index (Phi) is 4.66. The van der Waals surface area contributed by atoms with Gasteiger partial charge in [0.05, 0.1) is 5.92 Å². The summed E-state index contributed by atoms with van der Waals surface area (Å²) < 4.78 is 0. The van der Waals surface area contributed by atoms with Crippen LogP contribution in [-0.4, -0.2) is 35.6 Å². The zero-order valence-corrected chi connectivity index (χ0v) is 11.7. The van der Waals surface area contributed by atoms with Gasteiger partial charge in [0.15, 0.2) is 0 Å². The quantitative estimate of drug-likeness (QED) is 0.818. The van der Waals surface area contributed by atoms with Gasteiger partial charge in [0.1, 0.15) is 0 Å². The first kappa shape index (κ1) is 13.9. The van der Waals surface area contributed by atoms with E-state index in [1.54, 1.807) is 0 Å². The van der Waals surface area contributed by atoms with E-state index in [2.05, 4.69) is 4.90 Å². The van der Waals surface area contributed by atoms with Crippen molar-refractivity contribution in [3.05, 3.63) is 0 Å². The molecule has 0 radical (unpaired) electrons. The van der Waals surface area contributed by atoms with Crippen molar-refractivity contribution in [1.29, 1.82) is 0 Å². The van der Waals surface area contributed by atoms with Gasteiger partial charge >= 0.3 is 5.97 Å². The highest BCUT2D eigenvalue weighted by Gasteiger charge is 2.41. The van der Waals surface area contributed by atoms with Crippen LogP contribution in [-0.2, 0) is 4.79 Å². The fraction of sp³-hybridized carbons (Fsp3) is 0.933. The number of rotatable bonds is 5. The second-order valence-electron chi connectivity index (χ2n) is 6.51. The van der Waals surface area contributed by atoms with Gasteiger partial charge in [0.2, 0.25) is 0 Å². The Morgan fingerprint density at radius 2 is 1.83 bits per heavy atom. The van der Waals surface area contributed by atoms with Crippen molar-refractivity contribution in [1.82, 2.24) is 4.90 Å². The number of nitrogens with zero attached hydrogens (tertiary/aromatic N) is 1. The Hall–Kier alpha value is -0.570. The molecule has 2 fully saturated rings. The van der Waals surface area contributed by atoms with E-state index in [4.69, 9.17) is 5.11 Å². The van der Waals surface area contributed by atoms with Gasteiger partial charge in [-0.05, 0) is 37.6 Å². The molecule has 2 rings (SSSR count). The van der Waals surface area contributed by atoms with Crippen LogP contribution in [0, 0.1) is 11.3 Å². The summed E-state index contributed by atoms with van der Waals surface area (Å²) in [7, 11) is 0. The molecule has 104 valence electrons. The monoisotopic (exact) mass is 253 g/mol. The summed E-state index contributed by atoms with van der Waals surface area (Å²) in [6, 6.07) is 0. The highest BCUT2D eigenvalue weighted by molar-refractivity contribution is 5.69. The highest BCUT2D eigenvalue weighted by Crippen LogP contribution is 2.42. The molecule has 2 aliphatic rings. The van der Waals surface area contributed by atoms with Crippen molar-refractivity contribution in [2.45, 2.75) is 58.3 Å². The summed E-state index contributed by atoms with van der Waals surface area (Å²) in [4.78, 5) is 13.3. The van der Waals surface area contributed by atoms with Gasteiger partial charge in [-0.25, -0.2) is 0 Å². The minimum Gasteiger partial charge on any atom is -0.481 e. The maximum Gasteiger partial charge on any atom is 0.306 e. The van der Waals surface area contributed by atoms with Gasteiger partial charge in [-0.3, -0.25) is 4.79 Å². The molecule has 1 aliphatic carbocycles. The number of carboxylic acid groups (broad SMARTS) is 1. The summed E-state index contributed by atoms with van der Waals surface area (Å²) in [5.74, 6) is -0.836. The molecular formula is C15H27NO2. The first-order valence-corrected chi connectivity index (χ1v) is 7.56. The van der Waals surface area contributed by atoms with E-state index in [1.165, 1.54) is 51.6 Å². The molecule has 1 unspecified atom stereocenters. The predicted molar refractivity (Wildman–Crippen MR) is 72.6 cm³/mol. The fourth-order valence-corrected chi connectivity index (χ4v) is 3.60. The van der Waals surface area contributed by atoms with Crippen LogP contribution in [0.1, 0.15) is 58.3 Å². The lowest BCUT2D eigenvalue weighted by Gasteiger charge is -2.50. The van der Waals surface area contributed by atoms with Gasteiger partial charge in [-0.15, -0.1) is 0 Å². The molecule has 1 spiro atoms. The molecule has 1 saturated heterocycles. The van der Waals surface area contributed by atoms with Crippen molar-refractivity contribution >= 4 is 5.97 Å². The smallest absolute Gasteiger partial charge is 0.306 e. The van der Waals surface area contributed by atoms with Crippen molar-refractivity contribution in [2.75, 3.05) is 19.6 Å². The van der Waals surface area contributed by atoms with Crippen LogP contribution in [0.4, 0.5) is 0 Å². The Bertz CT molecular complexity index is 274. The molecule has 1 N–H and O–H groups in total. The summed E-state index contributed by atoms with van der Waals surface area (Å²) in [5.41, 5.74) is 0.648. The maximum absolute atomic E-state index is 10.7. The largest absolute Gasteiger partial charge is 0.481 e. The van der Waals surface area contributed by atoms with Crippen LogP contribution >= 0.6 is 0 Å². The van der Waals surface area contributed by atoms with E-state index in [1.807, 2.05) is 6.92 Å². The lowest BCUT2D eigenvalue weighted by molar-refractivity contribution is -0.141. The third kappa shape index (κ3) is 3.47. The molecule has 1 atom stereocenters. The van der Waals surface area contributed by atoms with E-state index >= 15 is 0 Å². The first-order chi connectivity index (χ1) is 8.61. The number of likely N-dealkylation sites (tertiary alicyclic amines) is 1. The summed E-state index contributed by atoms with van der Waals surface area (Å²) >= 11 is 0. The number of hydrogen-bond acceptors (Lipinski definition) is 2. The van der Waals surface area contributed by atoms with E-state index in [0.29, 0.717) is 5.41 Å². The molecule has 3 heteroatoms. The number of aliphatic carboxylic acids is 1. The zero-order valence-electron chi connectivity index (χ0n) is 11.7. The van der Waals surface area contributed by atoms with Crippen molar-refractivity contribution in [3.8, 4) is 0 Å². The van der Waals surface area contributed by atoms with E-state index < -0.39 is 5.97 Å². The standard InChI is InChI=1S/C15H27NO2/c1-13(14(17)18)7-6-10-16-11-15(12-16)8-4-2-3-5-9-15/h13H,2-12H2,1H3,(H,17,18). The number of hydrogen-bond donors (Lipinski definition) is 1. The van der Waals surface area contributed by atoms with Crippen molar-refractivity contribution in [2.24, 2.45) is 11.3 Å².